The summed E-state index contributed by atoms with van der Waals surface area (Å²) in [5, 5.41) is 5.72. The van der Waals surface area contributed by atoms with Gasteiger partial charge in [0.25, 0.3) is 17.7 Å². The van der Waals surface area contributed by atoms with E-state index in [1.165, 1.54) is 50.6 Å². The molecule has 3 amide bonds. The van der Waals surface area contributed by atoms with Gasteiger partial charge in [0.15, 0.2) is 0 Å². The molecule has 0 aliphatic carbocycles. The van der Waals surface area contributed by atoms with Gasteiger partial charge in [0.2, 0.25) is 0 Å². The fourth-order valence-electron chi connectivity index (χ4n) is 3.53. The Balaban J connectivity index is 1.47. The summed E-state index contributed by atoms with van der Waals surface area (Å²) >= 11 is 12.2. The van der Waals surface area contributed by atoms with Crippen LogP contribution in [0.2, 0.25) is 5.02 Å². The third kappa shape index (κ3) is 5.28. The molecule has 11 heteroatoms. The standard InChI is InChI=1S/C26H19Cl2N3O6/c1-36-20-12-7-16(27)13-19(20)30-23(32)14-3-8-17(9-4-14)29-22-21(28)24(33)31(25(22)34)18-10-5-15(6-11-18)26(35)37-2/h3-13,29H,1-2H3,(H,30,32). The Morgan fingerprint density at radius 3 is 2.11 bits per heavy atom. The van der Waals surface area contributed by atoms with E-state index in [0.717, 1.165) is 4.90 Å². The number of imide groups is 1. The second-order valence-corrected chi connectivity index (χ2v) is 8.49. The highest BCUT2D eigenvalue weighted by molar-refractivity contribution is 6.53. The van der Waals surface area contributed by atoms with Gasteiger partial charge in [-0.25, -0.2) is 9.69 Å². The number of nitrogens with one attached hydrogen (secondary N) is 2. The summed E-state index contributed by atoms with van der Waals surface area (Å²) < 4.78 is 9.89. The maximum atomic E-state index is 13.0. The number of hydrogen-bond donors (Lipinski definition) is 2. The van der Waals surface area contributed by atoms with E-state index in [9.17, 15) is 19.2 Å². The van der Waals surface area contributed by atoms with Crippen molar-refractivity contribution in [3.05, 3.63) is 93.6 Å². The van der Waals surface area contributed by atoms with Gasteiger partial charge in [-0.2, -0.15) is 0 Å². The van der Waals surface area contributed by atoms with E-state index in [1.54, 1.807) is 30.3 Å². The summed E-state index contributed by atoms with van der Waals surface area (Å²) in [4.78, 5) is 50.9. The van der Waals surface area contributed by atoms with Crippen LogP contribution in [0.4, 0.5) is 17.1 Å². The SMILES string of the molecule is COC(=O)c1ccc(N2C(=O)C(Cl)=C(Nc3ccc(C(=O)Nc4cc(Cl)ccc4OC)cc3)C2=O)cc1. The Hall–Kier alpha value is -4.34. The van der Waals surface area contributed by atoms with Crippen molar-refractivity contribution in [2.75, 3.05) is 29.8 Å². The molecule has 0 atom stereocenters. The van der Waals surface area contributed by atoms with Gasteiger partial charge in [0.1, 0.15) is 16.5 Å². The molecule has 4 rings (SSSR count). The summed E-state index contributed by atoms with van der Waals surface area (Å²) in [6.07, 6.45) is 0. The van der Waals surface area contributed by atoms with Crippen molar-refractivity contribution in [3.8, 4) is 5.75 Å². The van der Waals surface area contributed by atoms with Crippen LogP contribution in [0.15, 0.2) is 77.5 Å². The highest BCUT2D eigenvalue weighted by atomic mass is 35.5. The fourth-order valence-corrected chi connectivity index (χ4v) is 3.92. The molecule has 1 aliphatic rings. The van der Waals surface area contributed by atoms with Gasteiger partial charge in [0, 0.05) is 16.3 Å². The largest absolute Gasteiger partial charge is 0.495 e. The fraction of sp³-hybridized carbons (Fsp3) is 0.0769. The number of anilines is 3. The molecule has 1 aliphatic heterocycles. The van der Waals surface area contributed by atoms with Crippen LogP contribution in [0.3, 0.4) is 0 Å². The minimum Gasteiger partial charge on any atom is -0.495 e. The highest BCUT2D eigenvalue weighted by Gasteiger charge is 2.39. The quantitative estimate of drug-likeness (QED) is 0.326. The molecule has 0 saturated carbocycles. The molecule has 9 nitrogen and oxygen atoms in total. The Morgan fingerprint density at radius 1 is 0.838 bits per heavy atom. The van der Waals surface area contributed by atoms with E-state index >= 15 is 0 Å². The number of methoxy groups -OCH3 is 2. The molecule has 0 bridgehead atoms. The Labute approximate surface area is 221 Å². The average molecular weight is 540 g/mol. The van der Waals surface area contributed by atoms with E-state index < -0.39 is 23.7 Å². The monoisotopic (exact) mass is 539 g/mol. The minimum absolute atomic E-state index is 0.121. The van der Waals surface area contributed by atoms with Crippen molar-refractivity contribution in [1.82, 2.24) is 0 Å². The van der Waals surface area contributed by atoms with Crippen LogP contribution in [0.5, 0.6) is 5.75 Å². The Kier molecular flexibility index (Phi) is 7.47. The van der Waals surface area contributed by atoms with Crippen molar-refractivity contribution in [2.24, 2.45) is 0 Å². The van der Waals surface area contributed by atoms with E-state index in [1.807, 2.05) is 0 Å². The number of ether oxygens (including phenoxy) is 2. The summed E-state index contributed by atoms with van der Waals surface area (Å²) in [6, 6.07) is 16.8. The van der Waals surface area contributed by atoms with Gasteiger partial charge in [-0.15, -0.1) is 0 Å². The molecular weight excluding hydrogens is 521 g/mol. The molecule has 0 fully saturated rings. The third-order valence-corrected chi connectivity index (χ3v) is 5.99. The first kappa shape index (κ1) is 25.7. The summed E-state index contributed by atoms with van der Waals surface area (Å²) in [6.45, 7) is 0. The minimum atomic E-state index is -0.716. The van der Waals surface area contributed by atoms with Crippen LogP contribution >= 0.6 is 23.2 Å². The lowest BCUT2D eigenvalue weighted by Crippen LogP contribution is -2.32. The second kappa shape index (κ2) is 10.7. The summed E-state index contributed by atoms with van der Waals surface area (Å²) in [5.74, 6) is -1.89. The zero-order valence-electron chi connectivity index (χ0n) is 19.5. The normalized spacial score (nSPS) is 13.0. The topological polar surface area (TPSA) is 114 Å². The molecule has 0 spiro atoms. The number of halogens is 2. The lowest BCUT2D eigenvalue weighted by Gasteiger charge is -2.15. The maximum Gasteiger partial charge on any atom is 0.337 e. The van der Waals surface area contributed by atoms with Crippen molar-refractivity contribution in [2.45, 2.75) is 0 Å². The molecule has 37 heavy (non-hydrogen) atoms. The number of amides is 3. The van der Waals surface area contributed by atoms with E-state index in [2.05, 4.69) is 15.4 Å². The van der Waals surface area contributed by atoms with Crippen LogP contribution in [0.1, 0.15) is 20.7 Å². The van der Waals surface area contributed by atoms with Gasteiger partial charge < -0.3 is 20.1 Å². The number of carbonyl (C=O) groups excluding carboxylic acids is 4. The first-order valence-electron chi connectivity index (χ1n) is 10.7. The van der Waals surface area contributed by atoms with Gasteiger partial charge in [0.05, 0.1) is 31.2 Å². The molecule has 2 N–H and O–H groups in total. The van der Waals surface area contributed by atoms with Crippen molar-refractivity contribution in [3.63, 3.8) is 0 Å². The van der Waals surface area contributed by atoms with Gasteiger partial charge in [-0.1, -0.05) is 23.2 Å². The average Bonchev–Trinajstić information content (AvgIpc) is 3.11. The van der Waals surface area contributed by atoms with Gasteiger partial charge >= 0.3 is 5.97 Å². The molecular formula is C26H19Cl2N3O6. The lowest BCUT2D eigenvalue weighted by atomic mass is 10.1. The van der Waals surface area contributed by atoms with E-state index in [4.69, 9.17) is 27.9 Å². The predicted molar refractivity (Wildman–Crippen MR) is 139 cm³/mol. The second-order valence-electron chi connectivity index (χ2n) is 7.67. The van der Waals surface area contributed by atoms with Gasteiger partial charge in [-0.3, -0.25) is 14.4 Å². The Morgan fingerprint density at radius 2 is 1.49 bits per heavy atom. The molecule has 3 aromatic rings. The van der Waals surface area contributed by atoms with Crippen LogP contribution in [0.25, 0.3) is 0 Å². The molecule has 188 valence electrons. The maximum absolute atomic E-state index is 13.0. The van der Waals surface area contributed by atoms with E-state index in [0.29, 0.717) is 27.7 Å². The molecule has 0 aromatic heterocycles. The van der Waals surface area contributed by atoms with Crippen molar-refractivity contribution >= 4 is 64.0 Å². The number of esters is 1. The number of hydrogen-bond acceptors (Lipinski definition) is 7. The molecule has 0 unspecified atom stereocenters. The van der Waals surface area contributed by atoms with E-state index in [-0.39, 0.29) is 22.0 Å². The Bertz CT molecular complexity index is 1440. The van der Waals surface area contributed by atoms with Crippen LogP contribution in [-0.2, 0) is 14.3 Å². The van der Waals surface area contributed by atoms with Crippen LogP contribution < -0.4 is 20.3 Å². The number of rotatable bonds is 7. The first-order valence-corrected chi connectivity index (χ1v) is 11.5. The predicted octanol–water partition coefficient (Wildman–Crippen LogP) is 4.82. The molecule has 3 aromatic carbocycles. The van der Waals surface area contributed by atoms with Crippen LogP contribution in [0, 0.1) is 0 Å². The van der Waals surface area contributed by atoms with Gasteiger partial charge in [-0.05, 0) is 66.7 Å². The smallest absolute Gasteiger partial charge is 0.337 e. The zero-order chi connectivity index (χ0) is 26.7. The first-order chi connectivity index (χ1) is 17.7. The number of nitrogens with zero attached hydrogens (tertiary/aromatic N) is 1. The molecule has 0 radical (unpaired) electrons. The number of benzene rings is 3. The van der Waals surface area contributed by atoms with Crippen molar-refractivity contribution < 1.29 is 28.7 Å². The third-order valence-electron chi connectivity index (χ3n) is 5.40. The summed E-state index contributed by atoms with van der Waals surface area (Å²) in [5.41, 5.74) is 1.54. The van der Waals surface area contributed by atoms with Crippen molar-refractivity contribution in [1.29, 1.82) is 0 Å². The summed E-state index contributed by atoms with van der Waals surface area (Å²) in [7, 11) is 2.73. The molecule has 0 saturated heterocycles. The zero-order valence-corrected chi connectivity index (χ0v) is 21.0. The van der Waals surface area contributed by atoms with Crippen LogP contribution in [-0.4, -0.2) is 37.9 Å². The molecule has 1 heterocycles. The lowest BCUT2D eigenvalue weighted by molar-refractivity contribution is -0.120. The highest BCUT2D eigenvalue weighted by Crippen LogP contribution is 2.31. The number of carbonyl (C=O) groups is 4.